The predicted molar refractivity (Wildman–Crippen MR) is 222 cm³/mol. The van der Waals surface area contributed by atoms with Gasteiger partial charge >= 0.3 is 0 Å². The molecule has 0 aliphatic heterocycles. The maximum Gasteiger partial charge on any atom is 0.294 e. The van der Waals surface area contributed by atoms with Crippen LogP contribution in [0.25, 0.3) is 21.9 Å². The van der Waals surface area contributed by atoms with Crippen LogP contribution in [-0.2, 0) is 29.1 Å². The highest BCUT2D eigenvalue weighted by Crippen LogP contribution is 2.33. The molecule has 57 heavy (non-hydrogen) atoms. The lowest BCUT2D eigenvalue weighted by atomic mass is 9.95. The zero-order valence-corrected chi connectivity index (χ0v) is 31.9. The van der Waals surface area contributed by atoms with Crippen molar-refractivity contribution in [1.29, 1.82) is 0 Å². The van der Waals surface area contributed by atoms with Crippen molar-refractivity contribution in [3.8, 4) is 16.9 Å². The Morgan fingerprint density at radius 3 is 2.14 bits per heavy atom. The number of nitro benzene ring substituents is 1. The summed E-state index contributed by atoms with van der Waals surface area (Å²) >= 11 is -3.19. The summed E-state index contributed by atoms with van der Waals surface area (Å²) < 4.78 is 32.1. The van der Waals surface area contributed by atoms with E-state index in [4.69, 9.17) is 4.74 Å². The Kier molecular flexibility index (Phi) is 12.3. The van der Waals surface area contributed by atoms with Gasteiger partial charge in [0.2, 0.25) is 0 Å². The van der Waals surface area contributed by atoms with Crippen LogP contribution in [0.4, 0.5) is 17.1 Å². The van der Waals surface area contributed by atoms with Gasteiger partial charge < -0.3 is 19.9 Å². The number of nitro groups is 1. The second-order valence-corrected chi connectivity index (χ2v) is 14.9. The Labute approximate surface area is 333 Å². The normalized spacial score (nSPS) is 14.0. The fourth-order valence-corrected chi connectivity index (χ4v) is 7.69. The van der Waals surface area contributed by atoms with Crippen LogP contribution in [0.15, 0.2) is 140 Å². The van der Waals surface area contributed by atoms with Gasteiger partial charge in [0, 0.05) is 24.1 Å². The zero-order valence-electron chi connectivity index (χ0n) is 31.0. The molecule has 1 unspecified atom stereocenters. The third-order valence-electron chi connectivity index (χ3n) is 10.2. The highest BCUT2D eigenvalue weighted by atomic mass is 32.2. The number of ether oxygens (including phenoxy) is 1. The summed E-state index contributed by atoms with van der Waals surface area (Å²) in [4.78, 5) is 39.6. The third-order valence-corrected chi connectivity index (χ3v) is 10.9. The number of carbonyl (C=O) groups is 2. The van der Waals surface area contributed by atoms with Crippen LogP contribution < -0.4 is 19.7 Å². The zero-order chi connectivity index (χ0) is 39.7. The smallest absolute Gasteiger partial charge is 0.294 e. The molecule has 2 amide bonds. The highest BCUT2D eigenvalue weighted by Gasteiger charge is 2.31. The van der Waals surface area contributed by atoms with Crippen molar-refractivity contribution in [2.45, 2.75) is 57.2 Å². The molecule has 0 bridgehead atoms. The molecule has 6 aromatic rings. The van der Waals surface area contributed by atoms with Crippen LogP contribution in [0.2, 0.25) is 0 Å². The number of carbonyl (C=O) groups excluding carboxylic acids is 2. The van der Waals surface area contributed by atoms with Crippen molar-refractivity contribution in [3.05, 3.63) is 166 Å². The largest absolute Gasteiger partial charge is 0.755 e. The molecule has 0 spiro atoms. The lowest BCUT2D eigenvalue weighted by molar-refractivity contribution is -0.383. The van der Waals surface area contributed by atoms with Gasteiger partial charge in [-0.05, 0) is 82.3 Å². The summed E-state index contributed by atoms with van der Waals surface area (Å²) in [6.07, 6.45) is 4.76. The minimum Gasteiger partial charge on any atom is -0.755 e. The van der Waals surface area contributed by atoms with Crippen molar-refractivity contribution >= 4 is 50.9 Å². The van der Waals surface area contributed by atoms with Crippen LogP contribution >= 0.6 is 0 Å². The highest BCUT2D eigenvalue weighted by molar-refractivity contribution is 7.81. The Balaban J connectivity index is 1.11. The minimum atomic E-state index is -3.19. The Hall–Kier alpha value is -6.37. The van der Waals surface area contributed by atoms with E-state index in [1.165, 1.54) is 12.1 Å². The molecule has 12 heteroatoms. The first-order valence-corrected chi connectivity index (χ1v) is 19.9. The van der Waals surface area contributed by atoms with Crippen LogP contribution in [0.3, 0.4) is 0 Å². The third kappa shape index (κ3) is 9.72. The van der Waals surface area contributed by atoms with Gasteiger partial charge in [-0.15, -0.1) is 0 Å². The van der Waals surface area contributed by atoms with E-state index in [2.05, 4.69) is 22.8 Å². The fraction of sp³-hybridized carbons (Fsp3) is 0.200. The van der Waals surface area contributed by atoms with E-state index in [9.17, 15) is 28.5 Å². The molecule has 1 fully saturated rings. The van der Waals surface area contributed by atoms with Crippen molar-refractivity contribution in [2.75, 3.05) is 9.62 Å². The van der Waals surface area contributed by atoms with Gasteiger partial charge in [0.1, 0.15) is 24.1 Å². The first-order valence-electron chi connectivity index (χ1n) is 18.9. The fourth-order valence-electron chi connectivity index (χ4n) is 7.13. The SMILES string of the molecule is O=C(N[C@@H](Cc1ccc(OCc2ccc(-c3ccccc3)cc2)cc1)C(=O)N(c1ccc(NC2CCCCC2)c([N+](=O)[O-])c1)S(=O)[O-])c1ccc2ccccc2c1. The van der Waals surface area contributed by atoms with Crippen LogP contribution in [0.5, 0.6) is 5.75 Å². The molecule has 2 atom stereocenters. The second-order valence-electron chi connectivity index (χ2n) is 14.1. The van der Waals surface area contributed by atoms with E-state index in [1.54, 1.807) is 42.5 Å². The maximum absolute atomic E-state index is 14.3. The number of rotatable bonds is 14. The summed E-state index contributed by atoms with van der Waals surface area (Å²) in [6.45, 7) is 0.322. The monoisotopic (exact) mass is 781 g/mol. The Bertz CT molecular complexity index is 2380. The lowest BCUT2D eigenvalue weighted by Crippen LogP contribution is -2.50. The second kappa shape index (κ2) is 18.1. The van der Waals surface area contributed by atoms with Crippen LogP contribution in [0, 0.1) is 10.1 Å². The average molecular weight is 782 g/mol. The summed E-state index contributed by atoms with van der Waals surface area (Å²) in [5.74, 6) is -1.00. The molecule has 1 aliphatic rings. The standard InChI is InChI=1S/C45H42N4O7S/c50-44(37-22-21-34-11-7-8-12-36(34)28-37)47-42(27-31-17-24-40(25-18-31)56-30-32-15-19-35(20-16-32)33-9-3-1-4-10-33)45(51)48(57(54)55)39-23-26-41(43(29-39)49(52)53)46-38-13-5-2-6-14-38/h1,3-4,7-12,15-26,28-29,38,42,46H,2,5-6,13-14,27,30H2,(H,47,50)(H,54,55)/p-1/t42-/m0/s1. The van der Waals surface area contributed by atoms with Crippen LogP contribution in [-0.4, -0.2) is 37.6 Å². The Morgan fingerprint density at radius 2 is 1.44 bits per heavy atom. The number of hydrogen-bond donors (Lipinski definition) is 2. The summed E-state index contributed by atoms with van der Waals surface area (Å²) in [5, 5.41) is 19.9. The van der Waals surface area contributed by atoms with E-state index >= 15 is 0 Å². The van der Waals surface area contributed by atoms with Gasteiger partial charge in [-0.2, -0.15) is 0 Å². The van der Waals surface area contributed by atoms with E-state index in [0.717, 1.165) is 65.6 Å². The van der Waals surface area contributed by atoms with Gasteiger partial charge in [0.25, 0.3) is 17.5 Å². The number of nitrogens with one attached hydrogen (secondary N) is 2. The van der Waals surface area contributed by atoms with Crippen molar-refractivity contribution in [2.24, 2.45) is 0 Å². The summed E-state index contributed by atoms with van der Waals surface area (Å²) in [6, 6.07) is 40.3. The molecule has 6 aromatic carbocycles. The van der Waals surface area contributed by atoms with Crippen molar-refractivity contribution in [3.63, 3.8) is 0 Å². The van der Waals surface area contributed by atoms with Crippen LogP contribution in [0.1, 0.15) is 53.6 Å². The summed E-state index contributed by atoms with van der Waals surface area (Å²) in [5.41, 5.74) is 3.74. The topological polar surface area (TPSA) is 154 Å². The molecule has 0 radical (unpaired) electrons. The van der Waals surface area contributed by atoms with E-state index in [1.807, 2.05) is 66.7 Å². The number of nitrogens with zero attached hydrogens (tertiary/aromatic N) is 2. The molecule has 290 valence electrons. The van der Waals surface area contributed by atoms with Gasteiger partial charge in [0.05, 0.1) is 21.9 Å². The maximum atomic E-state index is 14.3. The molecule has 0 saturated heterocycles. The van der Waals surface area contributed by atoms with Crippen molar-refractivity contribution < 1.29 is 28.0 Å². The van der Waals surface area contributed by atoms with Gasteiger partial charge in [-0.25, -0.2) is 4.31 Å². The molecule has 7 rings (SSSR count). The van der Waals surface area contributed by atoms with Crippen molar-refractivity contribution in [1.82, 2.24) is 5.32 Å². The Morgan fingerprint density at radius 1 is 0.772 bits per heavy atom. The van der Waals surface area contributed by atoms with E-state index < -0.39 is 34.0 Å². The number of fused-ring (bicyclic) bond motifs is 1. The average Bonchev–Trinajstić information content (AvgIpc) is 3.24. The minimum absolute atomic E-state index is 0.0487. The lowest BCUT2D eigenvalue weighted by Gasteiger charge is -2.29. The molecule has 0 heterocycles. The van der Waals surface area contributed by atoms with E-state index in [-0.39, 0.29) is 35.1 Å². The molecular formula is C45H41N4O7S-. The number of hydrogen-bond acceptors (Lipinski definition) is 8. The first kappa shape index (κ1) is 38.9. The molecular weight excluding hydrogens is 741 g/mol. The van der Waals surface area contributed by atoms with Gasteiger partial charge in [-0.3, -0.25) is 23.9 Å². The van der Waals surface area contributed by atoms with Gasteiger partial charge in [0.15, 0.2) is 0 Å². The van der Waals surface area contributed by atoms with Gasteiger partial charge in [-0.1, -0.05) is 116 Å². The molecule has 1 saturated carbocycles. The first-order chi connectivity index (χ1) is 27.7. The molecule has 11 nitrogen and oxygen atoms in total. The quantitative estimate of drug-likeness (QED) is 0.0631. The van der Waals surface area contributed by atoms with E-state index in [0.29, 0.717) is 22.2 Å². The predicted octanol–water partition coefficient (Wildman–Crippen LogP) is 8.91. The summed E-state index contributed by atoms with van der Waals surface area (Å²) in [7, 11) is 0. The number of anilines is 2. The molecule has 2 N–H and O–H groups in total. The number of amides is 2. The molecule has 1 aliphatic carbocycles. The number of benzene rings is 6. The molecule has 0 aromatic heterocycles.